The zero-order valence-electron chi connectivity index (χ0n) is 35.9. The number of ether oxygens (including phenoxy) is 1. The van der Waals surface area contributed by atoms with E-state index in [2.05, 4.69) is 211 Å². The Morgan fingerprint density at radius 3 is 1.87 bits per heavy atom. The van der Waals surface area contributed by atoms with Crippen LogP contribution in [0, 0.1) is 18.8 Å². The summed E-state index contributed by atoms with van der Waals surface area (Å²) in [5.74, 6) is 2.05. The third kappa shape index (κ3) is 7.54. The number of para-hydroxylation sites is 4. The molecule has 0 radical (unpaired) electrons. The van der Waals surface area contributed by atoms with Gasteiger partial charge in [-0.05, 0) is 79.8 Å². The Morgan fingerprint density at radius 1 is 0.533 bits per heavy atom. The van der Waals surface area contributed by atoms with Gasteiger partial charge in [-0.1, -0.05) is 141 Å². The first-order valence-corrected chi connectivity index (χ1v) is 20.5. The van der Waals surface area contributed by atoms with Crippen molar-refractivity contribution >= 4 is 44.6 Å². The van der Waals surface area contributed by atoms with Crippen LogP contribution in [0.5, 0.6) is 11.5 Å². The number of benzene rings is 6. The first-order chi connectivity index (χ1) is 28.1. The molecule has 0 spiro atoms. The third-order valence-corrected chi connectivity index (χ3v) is 11.4. The molecule has 9 rings (SSSR count). The minimum Gasteiger partial charge on any atom is -0.509 e. The summed E-state index contributed by atoms with van der Waals surface area (Å²) >= 11 is 0. The normalized spacial score (nSPS) is 13.2. The van der Waals surface area contributed by atoms with Crippen molar-refractivity contribution < 1.29 is 25.8 Å². The van der Waals surface area contributed by atoms with Crippen molar-refractivity contribution in [2.75, 3.05) is 9.80 Å². The van der Waals surface area contributed by atoms with Gasteiger partial charge in [0.05, 0.1) is 0 Å². The summed E-state index contributed by atoms with van der Waals surface area (Å²) in [7, 11) is 0. The van der Waals surface area contributed by atoms with Crippen molar-refractivity contribution in [1.82, 2.24) is 9.55 Å². The molecule has 8 aromatic rings. The standard InChI is InChI=1S/C54H51N4O.Pt/c1-52(2,3)38-26-24-36(25-27-38)37-30-31-55-50(32-37)58-49-34-41(28-29-42(49)43-18-15-20-45(51(43)58)54(7,8)9)59-40-17-14-16-39(33-40)56-35-57(48-23-13-12-22-47(48)56)46-21-11-10-19-44(46)53(4,5)6;/h10-32,35H,1-9H3;/q-3;. The van der Waals surface area contributed by atoms with Crippen LogP contribution in [-0.2, 0) is 37.3 Å². The maximum Gasteiger partial charge on any atom is 0.136 e. The van der Waals surface area contributed by atoms with Gasteiger partial charge in [-0.25, -0.2) is 4.98 Å². The van der Waals surface area contributed by atoms with Crippen LogP contribution < -0.4 is 14.5 Å². The van der Waals surface area contributed by atoms with E-state index in [1.807, 2.05) is 24.4 Å². The number of pyridine rings is 1. The van der Waals surface area contributed by atoms with Crippen molar-refractivity contribution in [3.8, 4) is 28.4 Å². The fraction of sp³-hybridized carbons (Fsp3) is 0.222. The Kier molecular flexibility index (Phi) is 10.6. The van der Waals surface area contributed by atoms with Crippen LogP contribution in [0.3, 0.4) is 0 Å². The van der Waals surface area contributed by atoms with Gasteiger partial charge in [0.25, 0.3) is 0 Å². The monoisotopic (exact) mass is 966 g/mol. The Labute approximate surface area is 369 Å². The number of hydrogen-bond acceptors (Lipinski definition) is 4. The van der Waals surface area contributed by atoms with Gasteiger partial charge in [0.2, 0.25) is 0 Å². The molecule has 2 aromatic heterocycles. The number of nitrogens with zero attached hydrogens (tertiary/aromatic N) is 4. The van der Waals surface area contributed by atoms with Crippen molar-refractivity contribution in [1.29, 1.82) is 0 Å². The maximum atomic E-state index is 6.67. The van der Waals surface area contributed by atoms with Crippen LogP contribution in [0.1, 0.15) is 79.0 Å². The van der Waals surface area contributed by atoms with E-state index < -0.39 is 0 Å². The van der Waals surface area contributed by atoms with E-state index in [0.29, 0.717) is 11.5 Å². The molecule has 60 heavy (non-hydrogen) atoms. The molecule has 0 bridgehead atoms. The van der Waals surface area contributed by atoms with Crippen LogP contribution in [-0.4, -0.2) is 9.55 Å². The van der Waals surface area contributed by atoms with Crippen LogP contribution in [0.25, 0.3) is 38.8 Å². The smallest absolute Gasteiger partial charge is 0.136 e. The van der Waals surface area contributed by atoms with Crippen LogP contribution >= 0.6 is 0 Å². The third-order valence-electron chi connectivity index (χ3n) is 11.4. The maximum absolute atomic E-state index is 6.67. The Bertz CT molecular complexity index is 2850. The van der Waals surface area contributed by atoms with E-state index in [0.717, 1.165) is 61.5 Å². The molecular weight excluding hydrogens is 916 g/mol. The fourth-order valence-electron chi connectivity index (χ4n) is 8.32. The zero-order chi connectivity index (χ0) is 41.3. The molecule has 0 saturated carbocycles. The number of aromatic nitrogens is 2. The molecule has 6 heteroatoms. The first kappa shape index (κ1) is 41.1. The molecule has 306 valence electrons. The van der Waals surface area contributed by atoms with E-state index in [9.17, 15) is 0 Å². The molecular formula is C54H51N4OPt-3. The van der Waals surface area contributed by atoms with Crippen molar-refractivity contribution in [3.05, 3.63) is 175 Å². The topological polar surface area (TPSA) is 33.5 Å². The molecule has 6 aromatic carbocycles. The van der Waals surface area contributed by atoms with Gasteiger partial charge in [0, 0.05) is 61.3 Å². The van der Waals surface area contributed by atoms with Crippen molar-refractivity contribution in [2.45, 2.75) is 78.6 Å². The number of fused-ring (bicyclic) bond motifs is 4. The second-order valence-electron chi connectivity index (χ2n) is 18.7. The van der Waals surface area contributed by atoms with Crippen LogP contribution in [0.15, 0.2) is 140 Å². The molecule has 0 unspecified atom stereocenters. The summed E-state index contributed by atoms with van der Waals surface area (Å²) in [6, 6.07) is 54.5. The summed E-state index contributed by atoms with van der Waals surface area (Å²) in [6.07, 6.45) is 1.91. The molecule has 0 saturated heterocycles. The summed E-state index contributed by atoms with van der Waals surface area (Å²) in [5.41, 5.74) is 12.3. The quantitative estimate of drug-likeness (QED) is 0.156. The van der Waals surface area contributed by atoms with Crippen LogP contribution in [0.4, 0.5) is 22.7 Å². The Morgan fingerprint density at radius 2 is 1.17 bits per heavy atom. The molecule has 0 atom stereocenters. The summed E-state index contributed by atoms with van der Waals surface area (Å²) < 4.78 is 8.94. The number of anilines is 4. The van der Waals surface area contributed by atoms with Gasteiger partial charge in [-0.15, -0.1) is 48.1 Å². The van der Waals surface area contributed by atoms with Gasteiger partial charge >= 0.3 is 0 Å². The second-order valence-corrected chi connectivity index (χ2v) is 18.7. The summed E-state index contributed by atoms with van der Waals surface area (Å²) in [4.78, 5) is 9.48. The van der Waals surface area contributed by atoms with Gasteiger partial charge in [0.15, 0.2) is 0 Å². The first-order valence-electron chi connectivity index (χ1n) is 20.5. The minimum atomic E-state index is -0.115. The number of hydrogen-bond donors (Lipinski definition) is 0. The van der Waals surface area contributed by atoms with E-state index in [-0.39, 0.29) is 37.3 Å². The minimum absolute atomic E-state index is 0. The van der Waals surface area contributed by atoms with E-state index >= 15 is 0 Å². The molecule has 1 aliphatic heterocycles. The van der Waals surface area contributed by atoms with E-state index in [1.165, 1.54) is 16.7 Å². The summed E-state index contributed by atoms with van der Waals surface area (Å²) in [6.45, 7) is 22.5. The largest absolute Gasteiger partial charge is 0.509 e. The fourth-order valence-corrected chi connectivity index (χ4v) is 8.32. The van der Waals surface area contributed by atoms with Gasteiger partial charge in [-0.2, -0.15) is 12.1 Å². The van der Waals surface area contributed by atoms with Gasteiger partial charge < -0.3 is 19.1 Å². The zero-order valence-corrected chi connectivity index (χ0v) is 38.1. The average molecular weight is 967 g/mol. The van der Waals surface area contributed by atoms with Gasteiger partial charge in [-0.3, -0.25) is 0 Å². The predicted molar refractivity (Wildman–Crippen MR) is 246 cm³/mol. The SMILES string of the molecule is CC(C)(C)c1ccc(-c2ccnc(-n3c4[c-]c(Oc5[c-]c(N6[CH-]N(c7ccccc7C(C)(C)C)c7ccccc76)ccc5)ccc4c4cccc(C(C)(C)C)c43)c2)cc1.[Pt]. The molecule has 0 amide bonds. The molecule has 3 heterocycles. The van der Waals surface area contributed by atoms with Crippen molar-refractivity contribution in [2.24, 2.45) is 0 Å². The molecule has 1 aliphatic rings. The Balaban J connectivity index is 0.00000499. The molecule has 0 fully saturated rings. The summed E-state index contributed by atoms with van der Waals surface area (Å²) in [5, 5.41) is 2.25. The molecule has 0 N–H and O–H groups in total. The molecule has 0 aliphatic carbocycles. The second kappa shape index (κ2) is 15.4. The Hall–Kier alpha value is -5.64. The van der Waals surface area contributed by atoms with E-state index in [1.54, 1.807) is 0 Å². The number of rotatable bonds is 6. The van der Waals surface area contributed by atoms with E-state index in [4.69, 9.17) is 9.72 Å². The van der Waals surface area contributed by atoms with Crippen molar-refractivity contribution in [3.63, 3.8) is 0 Å². The average Bonchev–Trinajstić information content (AvgIpc) is 3.76. The van der Waals surface area contributed by atoms with Gasteiger partial charge in [0.1, 0.15) is 5.82 Å². The molecule has 5 nitrogen and oxygen atoms in total. The predicted octanol–water partition coefficient (Wildman–Crippen LogP) is 14.5. The van der Waals surface area contributed by atoms with Crippen LogP contribution in [0.2, 0.25) is 0 Å².